The summed E-state index contributed by atoms with van der Waals surface area (Å²) in [5.41, 5.74) is 3.96. The molecule has 4 rings (SSSR count). The van der Waals surface area contributed by atoms with Crippen molar-refractivity contribution in [3.05, 3.63) is 65.4 Å². The van der Waals surface area contributed by atoms with Crippen molar-refractivity contribution in [1.82, 2.24) is 14.8 Å². The number of methoxy groups -OCH3 is 1. The molecular weight excluding hydrogens is 448 g/mol. The van der Waals surface area contributed by atoms with Crippen molar-refractivity contribution < 1.29 is 9.53 Å². The molecule has 0 saturated carbocycles. The highest BCUT2D eigenvalue weighted by Gasteiger charge is 2.34. The van der Waals surface area contributed by atoms with Crippen LogP contribution >= 0.6 is 11.8 Å². The monoisotopic (exact) mass is 478 g/mol. The molecule has 0 bridgehead atoms. The van der Waals surface area contributed by atoms with Crippen LogP contribution in [0.2, 0.25) is 0 Å². The van der Waals surface area contributed by atoms with Gasteiger partial charge in [0.2, 0.25) is 11.1 Å². The lowest BCUT2D eigenvalue weighted by Gasteiger charge is -2.29. The number of fused-ring (bicyclic) bond motifs is 1. The lowest BCUT2D eigenvalue weighted by molar-refractivity contribution is -0.113. The summed E-state index contributed by atoms with van der Waals surface area (Å²) in [6.07, 6.45) is 1.03. The number of allylic oxidation sites excluding steroid dienone is 1. The Labute approximate surface area is 204 Å². The first-order valence-electron chi connectivity index (χ1n) is 11.2. The maximum Gasteiger partial charge on any atom is 0.255 e. The van der Waals surface area contributed by atoms with Crippen LogP contribution in [0.15, 0.2) is 65.0 Å². The van der Waals surface area contributed by atoms with E-state index in [9.17, 15) is 4.79 Å². The Morgan fingerprint density at radius 2 is 1.94 bits per heavy atom. The van der Waals surface area contributed by atoms with Gasteiger partial charge in [-0.1, -0.05) is 43.0 Å². The van der Waals surface area contributed by atoms with Gasteiger partial charge in [-0.15, -0.1) is 5.10 Å². The van der Waals surface area contributed by atoms with Crippen molar-refractivity contribution in [3.8, 4) is 5.75 Å². The van der Waals surface area contributed by atoms with Gasteiger partial charge in [-0.2, -0.15) is 4.98 Å². The fraction of sp³-hybridized carbons (Fsp3) is 0.320. The average Bonchev–Trinajstić information content (AvgIpc) is 3.24. The first-order chi connectivity index (χ1) is 16.4. The molecule has 0 spiro atoms. The molecule has 2 N–H and O–H groups in total. The molecule has 0 radical (unpaired) electrons. The third kappa shape index (κ3) is 4.75. The molecule has 8 nitrogen and oxygen atoms in total. The van der Waals surface area contributed by atoms with E-state index < -0.39 is 6.04 Å². The maximum atomic E-state index is 13.7. The molecule has 9 heteroatoms. The molecule has 0 saturated heterocycles. The van der Waals surface area contributed by atoms with Crippen molar-refractivity contribution in [3.63, 3.8) is 0 Å². The number of amides is 1. The Bertz CT molecular complexity index is 1200. The number of nitrogens with one attached hydrogen (secondary N) is 2. The van der Waals surface area contributed by atoms with E-state index in [4.69, 9.17) is 9.84 Å². The zero-order valence-corrected chi connectivity index (χ0v) is 20.9. The molecule has 34 heavy (non-hydrogen) atoms. The van der Waals surface area contributed by atoms with Crippen LogP contribution in [-0.2, 0) is 4.79 Å². The summed E-state index contributed by atoms with van der Waals surface area (Å²) >= 11 is 1.61. The molecule has 1 aliphatic rings. The highest BCUT2D eigenvalue weighted by molar-refractivity contribution is 7.99. The van der Waals surface area contributed by atoms with E-state index in [0.29, 0.717) is 28.1 Å². The Kier molecular flexibility index (Phi) is 7.12. The van der Waals surface area contributed by atoms with Crippen LogP contribution in [0, 0.1) is 0 Å². The largest absolute Gasteiger partial charge is 0.495 e. The number of ether oxygens (including phenoxy) is 1. The third-order valence-electron chi connectivity index (χ3n) is 5.59. The van der Waals surface area contributed by atoms with Crippen molar-refractivity contribution in [2.45, 2.75) is 31.5 Å². The van der Waals surface area contributed by atoms with Gasteiger partial charge < -0.3 is 20.3 Å². The van der Waals surface area contributed by atoms with Gasteiger partial charge in [0.1, 0.15) is 11.8 Å². The number of para-hydroxylation sites is 2. The first kappa shape index (κ1) is 23.7. The molecule has 1 atom stereocenters. The van der Waals surface area contributed by atoms with E-state index in [1.807, 2.05) is 79.1 Å². The number of anilines is 3. The van der Waals surface area contributed by atoms with Crippen LogP contribution in [0.4, 0.5) is 17.3 Å². The van der Waals surface area contributed by atoms with Crippen LogP contribution in [0.3, 0.4) is 0 Å². The minimum Gasteiger partial charge on any atom is -0.495 e. The predicted octanol–water partition coefficient (Wildman–Crippen LogP) is 4.78. The van der Waals surface area contributed by atoms with E-state index in [-0.39, 0.29) is 5.91 Å². The molecule has 178 valence electrons. The fourth-order valence-corrected chi connectivity index (χ4v) is 4.56. The van der Waals surface area contributed by atoms with Gasteiger partial charge in [-0.05, 0) is 43.2 Å². The second kappa shape index (κ2) is 10.2. The topological polar surface area (TPSA) is 84.3 Å². The second-order valence-corrected chi connectivity index (χ2v) is 9.28. The maximum absolute atomic E-state index is 13.7. The third-order valence-corrected chi connectivity index (χ3v) is 6.64. The van der Waals surface area contributed by atoms with Gasteiger partial charge >= 0.3 is 0 Å². The molecular formula is C25H30N6O2S. The summed E-state index contributed by atoms with van der Waals surface area (Å²) in [4.78, 5) is 20.4. The number of hydrogen-bond acceptors (Lipinski definition) is 7. The molecule has 1 aromatic heterocycles. The predicted molar refractivity (Wildman–Crippen MR) is 138 cm³/mol. The molecule has 1 amide bonds. The summed E-state index contributed by atoms with van der Waals surface area (Å²) < 4.78 is 7.24. The van der Waals surface area contributed by atoms with Crippen molar-refractivity contribution in [2.75, 3.05) is 42.5 Å². The van der Waals surface area contributed by atoms with E-state index in [0.717, 1.165) is 29.1 Å². The number of thioether (sulfide) groups is 1. The Morgan fingerprint density at radius 1 is 1.21 bits per heavy atom. The lowest BCUT2D eigenvalue weighted by atomic mass is 9.94. The zero-order chi connectivity index (χ0) is 24.2. The fourth-order valence-electron chi connectivity index (χ4n) is 3.88. The van der Waals surface area contributed by atoms with E-state index in [1.165, 1.54) is 0 Å². The van der Waals surface area contributed by atoms with Crippen LogP contribution in [0.25, 0.3) is 0 Å². The zero-order valence-electron chi connectivity index (χ0n) is 20.1. The standard InChI is InChI=1S/C25H30N6O2S/c1-6-15-34-25-28-24-26-16(2)21(23(32)27-19-9-7-8-10-20(19)33-5)22(31(24)29-25)17-11-13-18(14-12-17)30(3)4/h7-14,22H,6,15H2,1-5H3,(H,27,32)(H,26,28,29). The average molecular weight is 479 g/mol. The molecule has 3 aromatic rings. The smallest absolute Gasteiger partial charge is 0.255 e. The summed E-state index contributed by atoms with van der Waals surface area (Å²) in [5, 5.41) is 11.8. The summed E-state index contributed by atoms with van der Waals surface area (Å²) in [5.74, 6) is 1.94. The summed E-state index contributed by atoms with van der Waals surface area (Å²) in [6.45, 7) is 4.03. The number of carbonyl (C=O) groups is 1. The van der Waals surface area contributed by atoms with Gasteiger partial charge in [0, 0.05) is 31.2 Å². The quantitative estimate of drug-likeness (QED) is 0.451. The highest BCUT2D eigenvalue weighted by Crippen LogP contribution is 2.37. The number of hydrogen-bond donors (Lipinski definition) is 2. The first-order valence-corrected chi connectivity index (χ1v) is 12.2. The molecule has 1 aliphatic heterocycles. The Hall–Kier alpha value is -3.46. The van der Waals surface area contributed by atoms with Gasteiger partial charge in [-0.3, -0.25) is 4.79 Å². The van der Waals surface area contributed by atoms with Crippen molar-refractivity contribution in [2.24, 2.45) is 0 Å². The Balaban J connectivity index is 1.76. The molecule has 2 heterocycles. The molecule has 2 aromatic carbocycles. The summed E-state index contributed by atoms with van der Waals surface area (Å²) in [6, 6.07) is 15.1. The number of aromatic nitrogens is 3. The molecule has 0 fully saturated rings. The van der Waals surface area contributed by atoms with Crippen LogP contribution in [0.1, 0.15) is 31.9 Å². The van der Waals surface area contributed by atoms with Crippen LogP contribution < -0.4 is 20.3 Å². The van der Waals surface area contributed by atoms with Crippen LogP contribution in [0.5, 0.6) is 5.75 Å². The lowest BCUT2D eigenvalue weighted by Crippen LogP contribution is -2.31. The molecule has 1 unspecified atom stereocenters. The van der Waals surface area contributed by atoms with Gasteiger partial charge in [-0.25, -0.2) is 4.68 Å². The van der Waals surface area contributed by atoms with Gasteiger partial charge in [0.05, 0.1) is 18.4 Å². The van der Waals surface area contributed by atoms with E-state index in [2.05, 4.69) is 22.5 Å². The van der Waals surface area contributed by atoms with Gasteiger partial charge in [0.25, 0.3) is 5.91 Å². The normalized spacial score (nSPS) is 14.9. The number of nitrogens with zero attached hydrogens (tertiary/aromatic N) is 4. The minimum absolute atomic E-state index is 0.222. The second-order valence-electron chi connectivity index (χ2n) is 8.22. The minimum atomic E-state index is -0.425. The SMILES string of the molecule is CCCSc1nc2n(n1)C(c1ccc(N(C)C)cc1)C(C(=O)Nc1ccccc1OC)=C(C)N2. The number of carbonyl (C=O) groups excluding carboxylic acids is 1. The van der Waals surface area contributed by atoms with E-state index >= 15 is 0 Å². The van der Waals surface area contributed by atoms with Crippen molar-refractivity contribution in [1.29, 1.82) is 0 Å². The van der Waals surface area contributed by atoms with E-state index in [1.54, 1.807) is 18.9 Å². The van der Waals surface area contributed by atoms with Gasteiger partial charge in [0.15, 0.2) is 0 Å². The summed E-state index contributed by atoms with van der Waals surface area (Å²) in [7, 11) is 5.59. The highest BCUT2D eigenvalue weighted by atomic mass is 32.2. The Morgan fingerprint density at radius 3 is 2.62 bits per heavy atom. The number of rotatable bonds is 8. The number of benzene rings is 2. The van der Waals surface area contributed by atoms with Crippen molar-refractivity contribution >= 4 is 35.0 Å². The molecule has 0 aliphatic carbocycles. The van der Waals surface area contributed by atoms with Crippen LogP contribution in [-0.4, -0.2) is 47.6 Å².